The van der Waals surface area contributed by atoms with Crippen molar-refractivity contribution in [1.29, 1.82) is 0 Å². The molecule has 0 bridgehead atoms. The van der Waals surface area contributed by atoms with Crippen molar-refractivity contribution in [3.8, 4) is 0 Å². The first-order valence-corrected chi connectivity index (χ1v) is 32.0. The zero-order chi connectivity index (χ0) is 54.1. The van der Waals surface area contributed by atoms with Crippen molar-refractivity contribution in [3.05, 3.63) is 48.6 Å². The molecule has 2 N–H and O–H groups in total. The first-order chi connectivity index (χ1) is 36.2. The number of aliphatic hydroxyl groups is 1. The molecule has 0 aromatic rings. The minimum atomic E-state index is -4.75. The predicted octanol–water partition coefficient (Wildman–Crippen LogP) is 18.1. The van der Waals surface area contributed by atoms with Gasteiger partial charge in [0.2, 0.25) is 0 Å². The standard InChI is InChI=1S/C62H113O11P/c1-4-7-10-13-16-19-22-24-26-28-29-31-33-35-38-41-44-47-50-53-62(66)73-59(55-69-60(64)51-48-45-42-39-37-34-32-30-27-25-23-20-17-14-11-8-5-2)57-71-74(67,68)70-56-58(54-63)72-61(65)52-49-46-43-40-36-21-18-15-12-9-6-3/h16-17,19-20,24-27,58-59,63H,4-15,18,21-23,28-57H2,1-3H3,(H,67,68)/b19-16-,20-17-,26-24-,27-25-. The van der Waals surface area contributed by atoms with Crippen LogP contribution in [0.15, 0.2) is 48.6 Å². The van der Waals surface area contributed by atoms with Gasteiger partial charge >= 0.3 is 25.7 Å². The van der Waals surface area contributed by atoms with Crippen molar-refractivity contribution in [2.45, 2.75) is 303 Å². The molecule has 0 aliphatic rings. The number of hydrogen-bond acceptors (Lipinski definition) is 10. The van der Waals surface area contributed by atoms with Gasteiger partial charge in [0.25, 0.3) is 0 Å². The molecule has 0 aliphatic carbocycles. The van der Waals surface area contributed by atoms with Crippen LogP contribution in [-0.2, 0) is 42.2 Å². The zero-order valence-electron chi connectivity index (χ0n) is 47.8. The summed E-state index contributed by atoms with van der Waals surface area (Å²) in [7, 11) is -4.75. The molecule has 0 radical (unpaired) electrons. The summed E-state index contributed by atoms with van der Waals surface area (Å²) >= 11 is 0. The summed E-state index contributed by atoms with van der Waals surface area (Å²) in [6.07, 6.45) is 60.6. The van der Waals surface area contributed by atoms with Gasteiger partial charge in [-0.1, -0.05) is 236 Å². The number of rotatable bonds is 57. The van der Waals surface area contributed by atoms with E-state index < -0.39 is 57.8 Å². The quantitative estimate of drug-likeness (QED) is 0.0197. The molecule has 0 saturated heterocycles. The Balaban J connectivity index is 4.71. The average molecular weight is 1070 g/mol. The van der Waals surface area contributed by atoms with Crippen molar-refractivity contribution >= 4 is 25.7 Å². The molecule has 11 nitrogen and oxygen atoms in total. The maximum Gasteiger partial charge on any atom is 0.472 e. The zero-order valence-corrected chi connectivity index (χ0v) is 48.7. The highest BCUT2D eigenvalue weighted by atomic mass is 31.2. The maximum atomic E-state index is 12.9. The van der Waals surface area contributed by atoms with Crippen LogP contribution in [0.3, 0.4) is 0 Å². The molecular weight excluding hydrogens is 952 g/mol. The molecule has 0 fully saturated rings. The number of carbonyl (C=O) groups excluding carboxylic acids is 3. The number of esters is 3. The van der Waals surface area contributed by atoms with E-state index in [1.807, 2.05) is 0 Å². The lowest BCUT2D eigenvalue weighted by Crippen LogP contribution is -2.30. The van der Waals surface area contributed by atoms with E-state index in [0.29, 0.717) is 19.3 Å². The van der Waals surface area contributed by atoms with Gasteiger partial charge in [-0.15, -0.1) is 0 Å². The molecule has 74 heavy (non-hydrogen) atoms. The highest BCUT2D eigenvalue weighted by Gasteiger charge is 2.28. The van der Waals surface area contributed by atoms with Gasteiger partial charge in [-0.05, 0) is 83.5 Å². The summed E-state index contributed by atoms with van der Waals surface area (Å²) in [5.74, 6) is -1.46. The topological polar surface area (TPSA) is 155 Å². The van der Waals surface area contributed by atoms with Gasteiger partial charge in [0, 0.05) is 19.3 Å². The van der Waals surface area contributed by atoms with E-state index in [1.54, 1.807) is 0 Å². The summed E-state index contributed by atoms with van der Waals surface area (Å²) in [5.41, 5.74) is 0. The first-order valence-electron chi connectivity index (χ1n) is 30.5. The molecule has 3 atom stereocenters. The SMILES string of the molecule is CCCCC/C=C\C/C=C\CCCCCCCCCCCC(=O)OC(COC(=O)CCCCCCCCC/C=C\C/C=C\CCCCC)COP(=O)(O)OCC(CO)OC(=O)CCCCCCCCCCCCC. The molecule has 0 amide bonds. The summed E-state index contributed by atoms with van der Waals surface area (Å²) < 4.78 is 39.6. The number of ether oxygens (including phenoxy) is 3. The largest absolute Gasteiger partial charge is 0.472 e. The van der Waals surface area contributed by atoms with Gasteiger partial charge in [-0.25, -0.2) is 4.57 Å². The molecule has 0 aromatic heterocycles. The van der Waals surface area contributed by atoms with Crippen LogP contribution in [0.25, 0.3) is 0 Å². The first kappa shape index (κ1) is 71.4. The normalized spacial score (nSPS) is 13.6. The van der Waals surface area contributed by atoms with Crippen molar-refractivity contribution in [2.24, 2.45) is 0 Å². The Kier molecular flexibility index (Phi) is 54.7. The van der Waals surface area contributed by atoms with E-state index in [1.165, 1.54) is 148 Å². The van der Waals surface area contributed by atoms with E-state index in [4.69, 9.17) is 23.3 Å². The lowest BCUT2D eigenvalue weighted by Gasteiger charge is -2.21. The number of allylic oxidation sites excluding steroid dienone is 8. The Bertz CT molecular complexity index is 1430. The Morgan fingerprint density at radius 3 is 1.03 bits per heavy atom. The van der Waals surface area contributed by atoms with Crippen LogP contribution in [0.2, 0.25) is 0 Å². The predicted molar refractivity (Wildman–Crippen MR) is 307 cm³/mol. The molecule has 3 unspecified atom stereocenters. The molecule has 0 rings (SSSR count). The van der Waals surface area contributed by atoms with E-state index in [9.17, 15) is 28.9 Å². The summed E-state index contributed by atoms with van der Waals surface area (Å²) in [4.78, 5) is 48.6. The molecule has 0 saturated carbocycles. The van der Waals surface area contributed by atoms with Gasteiger partial charge in [0.1, 0.15) is 12.7 Å². The van der Waals surface area contributed by atoms with Crippen LogP contribution in [-0.4, -0.2) is 66.5 Å². The lowest BCUT2D eigenvalue weighted by atomic mass is 10.1. The molecule has 0 heterocycles. The summed E-state index contributed by atoms with van der Waals surface area (Å²) in [5, 5.41) is 9.81. The van der Waals surface area contributed by atoms with Crippen molar-refractivity contribution in [2.75, 3.05) is 26.4 Å². The molecule has 0 aliphatic heterocycles. The Morgan fingerprint density at radius 2 is 0.662 bits per heavy atom. The fraction of sp³-hybridized carbons (Fsp3) is 0.823. The minimum Gasteiger partial charge on any atom is -0.462 e. The van der Waals surface area contributed by atoms with Crippen LogP contribution in [0.1, 0.15) is 290 Å². The molecular formula is C62H113O11P. The number of phosphoric ester groups is 1. The van der Waals surface area contributed by atoms with E-state index in [-0.39, 0.29) is 25.9 Å². The number of phosphoric acid groups is 1. The Labute approximate surface area is 453 Å². The number of carbonyl (C=O) groups is 3. The number of unbranched alkanes of at least 4 members (excludes halogenated alkanes) is 32. The van der Waals surface area contributed by atoms with E-state index in [2.05, 4.69) is 69.4 Å². The Morgan fingerprint density at radius 1 is 0.378 bits per heavy atom. The van der Waals surface area contributed by atoms with Crippen LogP contribution in [0.5, 0.6) is 0 Å². The molecule has 0 spiro atoms. The van der Waals surface area contributed by atoms with Crippen molar-refractivity contribution in [3.63, 3.8) is 0 Å². The monoisotopic (exact) mass is 1060 g/mol. The fourth-order valence-corrected chi connectivity index (χ4v) is 9.32. The number of aliphatic hydroxyl groups excluding tert-OH is 1. The van der Waals surface area contributed by atoms with Gasteiger partial charge < -0.3 is 24.2 Å². The van der Waals surface area contributed by atoms with Crippen LogP contribution < -0.4 is 0 Å². The second-order valence-corrected chi connectivity index (χ2v) is 22.0. The third kappa shape index (κ3) is 54.2. The summed E-state index contributed by atoms with van der Waals surface area (Å²) in [6.45, 7) is 4.61. The van der Waals surface area contributed by atoms with E-state index in [0.717, 1.165) is 83.5 Å². The lowest BCUT2D eigenvalue weighted by molar-refractivity contribution is -0.161. The highest BCUT2D eigenvalue weighted by molar-refractivity contribution is 7.47. The third-order valence-corrected chi connectivity index (χ3v) is 14.2. The van der Waals surface area contributed by atoms with Crippen molar-refractivity contribution < 1.29 is 52.2 Å². The number of hydrogen-bond donors (Lipinski definition) is 2. The fourth-order valence-electron chi connectivity index (χ4n) is 8.54. The highest BCUT2D eigenvalue weighted by Crippen LogP contribution is 2.43. The molecule has 0 aromatic carbocycles. The Hall–Kier alpha value is -2.56. The minimum absolute atomic E-state index is 0.163. The summed E-state index contributed by atoms with van der Waals surface area (Å²) in [6, 6.07) is 0. The molecule has 432 valence electrons. The van der Waals surface area contributed by atoms with Crippen LogP contribution >= 0.6 is 7.82 Å². The molecule has 12 heteroatoms. The smallest absolute Gasteiger partial charge is 0.462 e. The van der Waals surface area contributed by atoms with E-state index >= 15 is 0 Å². The average Bonchev–Trinajstić information content (AvgIpc) is 3.39. The van der Waals surface area contributed by atoms with Gasteiger partial charge in [-0.2, -0.15) is 0 Å². The van der Waals surface area contributed by atoms with Gasteiger partial charge in [0.05, 0.1) is 19.8 Å². The van der Waals surface area contributed by atoms with Crippen molar-refractivity contribution in [1.82, 2.24) is 0 Å². The van der Waals surface area contributed by atoms with Crippen LogP contribution in [0.4, 0.5) is 0 Å². The maximum absolute atomic E-state index is 12.9. The second-order valence-electron chi connectivity index (χ2n) is 20.5. The van der Waals surface area contributed by atoms with Gasteiger partial charge in [0.15, 0.2) is 6.10 Å². The van der Waals surface area contributed by atoms with Gasteiger partial charge in [-0.3, -0.25) is 23.4 Å². The second kappa shape index (κ2) is 56.6. The van der Waals surface area contributed by atoms with Crippen LogP contribution in [0, 0.1) is 0 Å². The third-order valence-electron chi connectivity index (χ3n) is 13.2.